The number of rotatable bonds is 11. The summed E-state index contributed by atoms with van der Waals surface area (Å²) in [6, 6.07) is 114. The summed E-state index contributed by atoms with van der Waals surface area (Å²) in [5, 5.41) is 11.7. The number of hydrogen-bond acceptors (Lipinski definition) is 0. The smallest absolute Gasteiger partial charge is 0.0631 e. The van der Waals surface area contributed by atoms with Crippen LogP contribution in [0.5, 0.6) is 0 Å². The number of benzene rings is 11. The second kappa shape index (κ2) is 17.8. The minimum atomic E-state index is -3.62. The third kappa shape index (κ3) is 6.47. The molecular weight excluding hydrogens is 901 g/mol. The van der Waals surface area contributed by atoms with Gasteiger partial charge in [-0.25, -0.2) is 0 Å². The molecule has 0 amide bonds. The second-order valence-corrected chi connectivity index (χ2v) is 38.9. The summed E-state index contributed by atoms with van der Waals surface area (Å²) in [4.78, 5) is 0. The van der Waals surface area contributed by atoms with Crippen molar-refractivity contribution in [3.05, 3.63) is 313 Å². The normalized spacial score (nSPS) is 12.7. The molecule has 0 spiro atoms. The lowest BCUT2D eigenvalue weighted by atomic mass is 9.96. The van der Waals surface area contributed by atoms with Gasteiger partial charge in [0, 0.05) is 0 Å². The van der Waals surface area contributed by atoms with Crippen molar-refractivity contribution < 1.29 is 0 Å². The first-order valence-corrected chi connectivity index (χ1v) is 33.1. The lowest BCUT2D eigenvalue weighted by Gasteiger charge is -2.59. The quantitative estimate of drug-likeness (QED) is 0.0895. The summed E-state index contributed by atoms with van der Waals surface area (Å²) >= 11 is 0. The highest BCUT2D eigenvalue weighted by Gasteiger charge is 2.73. The van der Waals surface area contributed by atoms with E-state index in [1.807, 2.05) is 0 Å². The van der Waals surface area contributed by atoms with E-state index in [0.29, 0.717) is 0 Å². The average Bonchev–Trinajstić information content (AvgIpc) is 4.04. The molecule has 0 unspecified atom stereocenters. The maximum absolute atomic E-state index is 3.62. The molecule has 11 aromatic carbocycles. The molecule has 71 heavy (non-hydrogen) atoms. The highest BCUT2D eigenvalue weighted by molar-refractivity contribution is 7.89. The molecule has 0 radical (unpaired) electrons. The SMILES string of the molecule is c1ccc([Si](c2ccccc2)(c2cccc(-c3cccc4c3Cc3ccccc3-4)c2)[Si](c2ccccc2)(c2ccccc2)[Si](c2ccccc2)(c2ccccc2)c2cccc3c2Cc2ccccc2-3)cc1. The summed E-state index contributed by atoms with van der Waals surface area (Å²) < 4.78 is 0. The van der Waals surface area contributed by atoms with Crippen molar-refractivity contribution in [1.82, 2.24) is 0 Å². The van der Waals surface area contributed by atoms with Crippen LogP contribution in [-0.2, 0) is 12.8 Å². The summed E-state index contributed by atoms with van der Waals surface area (Å²) in [6.07, 6.45) is 1.82. The molecule has 0 nitrogen and oxygen atoms in total. The lowest BCUT2D eigenvalue weighted by Crippen LogP contribution is -3.04. The molecule has 11 aromatic rings. The van der Waals surface area contributed by atoms with Gasteiger partial charge in [-0.2, -0.15) is 0 Å². The highest BCUT2D eigenvalue weighted by atomic mass is 29.6. The summed E-state index contributed by atoms with van der Waals surface area (Å²) in [5.74, 6) is 0. The first kappa shape index (κ1) is 43.1. The monoisotopic (exact) mass is 952 g/mol. The fraction of sp³-hybridized carbons (Fsp3) is 0.0294. The second-order valence-electron chi connectivity index (χ2n) is 19.4. The first-order valence-electron chi connectivity index (χ1n) is 25.1. The van der Waals surface area contributed by atoms with Gasteiger partial charge in [0.05, 0.1) is 0 Å². The van der Waals surface area contributed by atoms with Crippen LogP contribution in [-0.4, -0.2) is 22.3 Å². The Bertz CT molecular complexity index is 3570. The van der Waals surface area contributed by atoms with Crippen LogP contribution in [0.4, 0.5) is 0 Å². The molecule has 0 saturated carbocycles. The van der Waals surface area contributed by atoms with Crippen molar-refractivity contribution in [2.45, 2.75) is 12.8 Å². The van der Waals surface area contributed by atoms with Gasteiger partial charge in [0.1, 0.15) is 22.3 Å². The number of hydrogen-bond donors (Lipinski definition) is 0. The third-order valence-electron chi connectivity index (χ3n) is 16.1. The predicted molar refractivity (Wildman–Crippen MR) is 308 cm³/mol. The van der Waals surface area contributed by atoms with Gasteiger partial charge in [-0.1, -0.05) is 327 Å². The van der Waals surface area contributed by atoms with Crippen LogP contribution in [0.15, 0.2) is 291 Å². The van der Waals surface area contributed by atoms with Gasteiger partial charge in [0.15, 0.2) is 0 Å². The molecule has 336 valence electrons. The average molecular weight is 953 g/mol. The van der Waals surface area contributed by atoms with Gasteiger partial charge in [-0.15, -0.1) is 0 Å². The molecule has 0 saturated heterocycles. The van der Waals surface area contributed by atoms with Gasteiger partial charge < -0.3 is 0 Å². The van der Waals surface area contributed by atoms with Gasteiger partial charge >= 0.3 is 0 Å². The van der Waals surface area contributed by atoms with E-state index in [4.69, 9.17) is 0 Å². The summed E-state index contributed by atoms with van der Waals surface area (Å²) in [7, 11) is -10.7. The van der Waals surface area contributed by atoms with E-state index >= 15 is 0 Å². The van der Waals surface area contributed by atoms with Gasteiger partial charge in [0.25, 0.3) is 0 Å². The molecule has 2 aliphatic carbocycles. The van der Waals surface area contributed by atoms with Crippen LogP contribution in [0.1, 0.15) is 22.3 Å². The zero-order valence-electron chi connectivity index (χ0n) is 39.6. The molecule has 0 N–H and O–H groups in total. The van der Waals surface area contributed by atoms with E-state index in [0.717, 1.165) is 12.8 Å². The van der Waals surface area contributed by atoms with Crippen LogP contribution in [0.25, 0.3) is 33.4 Å². The lowest BCUT2D eigenvalue weighted by molar-refractivity contribution is 1.26. The highest BCUT2D eigenvalue weighted by Crippen LogP contribution is 2.43. The maximum atomic E-state index is 2.68. The van der Waals surface area contributed by atoms with Gasteiger partial charge in [0.2, 0.25) is 0 Å². The Morgan fingerprint density at radius 1 is 0.225 bits per heavy atom. The van der Waals surface area contributed by atoms with Gasteiger partial charge in [-0.05, 0) is 73.7 Å². The summed E-state index contributed by atoms with van der Waals surface area (Å²) in [6.45, 7) is 0. The van der Waals surface area contributed by atoms with Crippen LogP contribution in [0.3, 0.4) is 0 Å². The Kier molecular flexibility index (Phi) is 10.8. The molecule has 2 aliphatic rings. The van der Waals surface area contributed by atoms with E-state index in [1.54, 1.807) is 0 Å². The van der Waals surface area contributed by atoms with Crippen LogP contribution >= 0.6 is 0 Å². The van der Waals surface area contributed by atoms with E-state index in [2.05, 4.69) is 291 Å². The number of fused-ring (bicyclic) bond motifs is 6. The Morgan fingerprint density at radius 2 is 0.563 bits per heavy atom. The van der Waals surface area contributed by atoms with Crippen LogP contribution < -0.4 is 41.5 Å². The molecule has 13 rings (SSSR count). The Balaban J connectivity index is 1.29. The molecule has 0 aromatic heterocycles. The van der Waals surface area contributed by atoms with E-state index in [1.165, 1.54) is 97.1 Å². The first-order chi connectivity index (χ1) is 35.2. The standard InChI is InChI=1S/C68H52Si3/c1-7-29-54(30-8-1)69(55-31-9-2-10-32-55,60-41-23-28-51(48-60)63-44-24-45-64-61-42-21-19-26-52(61)49-66(63)64)71(58-37-15-5-16-38-58,59-39-17-6-18-40-59)70(56-33-11-3-12-34-56,57-35-13-4-14-36-57)68-47-25-46-65-62-43-22-20-27-53(62)50-67(65)68/h1-48H,49-50H2. The van der Waals surface area contributed by atoms with Gasteiger partial charge in [-0.3, -0.25) is 0 Å². The largest absolute Gasteiger partial charge is 0.148 e. The zero-order valence-corrected chi connectivity index (χ0v) is 42.6. The molecule has 0 aliphatic heterocycles. The van der Waals surface area contributed by atoms with Crippen molar-refractivity contribution in [2.24, 2.45) is 0 Å². The minimum Gasteiger partial charge on any atom is -0.0631 e. The van der Waals surface area contributed by atoms with Crippen LogP contribution in [0.2, 0.25) is 0 Å². The molecule has 0 bridgehead atoms. The van der Waals surface area contributed by atoms with Crippen molar-refractivity contribution in [3.63, 3.8) is 0 Å². The molecule has 0 atom stereocenters. The van der Waals surface area contributed by atoms with Crippen molar-refractivity contribution >= 4 is 63.8 Å². The Labute approximate surface area is 420 Å². The minimum absolute atomic E-state index is 0.895. The molecule has 0 heterocycles. The van der Waals surface area contributed by atoms with Crippen molar-refractivity contribution in [1.29, 1.82) is 0 Å². The molecular formula is C68H52Si3. The Morgan fingerprint density at radius 3 is 1.06 bits per heavy atom. The van der Waals surface area contributed by atoms with Crippen molar-refractivity contribution in [3.8, 4) is 33.4 Å². The molecule has 0 fully saturated rings. The summed E-state index contributed by atoms with van der Waals surface area (Å²) in [5.41, 5.74) is 13.8. The molecule has 3 heteroatoms. The van der Waals surface area contributed by atoms with E-state index < -0.39 is 22.3 Å². The topological polar surface area (TPSA) is 0 Å². The van der Waals surface area contributed by atoms with Crippen LogP contribution in [0, 0.1) is 0 Å². The fourth-order valence-electron chi connectivity index (χ4n) is 13.6. The predicted octanol–water partition coefficient (Wildman–Crippen LogP) is 10.6. The van der Waals surface area contributed by atoms with E-state index in [9.17, 15) is 0 Å². The fourth-order valence-corrected chi connectivity index (χ4v) is 59.1. The maximum Gasteiger partial charge on any atom is 0.148 e. The van der Waals surface area contributed by atoms with Crippen molar-refractivity contribution in [2.75, 3.05) is 0 Å². The zero-order chi connectivity index (χ0) is 47.2. The Hall–Kier alpha value is -7.93. The third-order valence-corrected chi connectivity index (χ3v) is 50.1. The van der Waals surface area contributed by atoms with E-state index in [-0.39, 0.29) is 0 Å².